The van der Waals surface area contributed by atoms with Crippen LogP contribution in [0.5, 0.6) is 0 Å². The van der Waals surface area contributed by atoms with Crippen LogP contribution in [0.2, 0.25) is 0 Å². The quantitative estimate of drug-likeness (QED) is 0.771. The van der Waals surface area contributed by atoms with Gasteiger partial charge in [0.05, 0.1) is 11.0 Å². The minimum absolute atomic E-state index is 0.0267. The van der Waals surface area contributed by atoms with Crippen molar-refractivity contribution < 1.29 is 14.0 Å². The summed E-state index contributed by atoms with van der Waals surface area (Å²) in [5, 5.41) is 2.33. The third-order valence-corrected chi connectivity index (χ3v) is 5.62. The van der Waals surface area contributed by atoms with E-state index >= 15 is 0 Å². The van der Waals surface area contributed by atoms with Crippen LogP contribution in [0.4, 0.5) is 21.5 Å². The summed E-state index contributed by atoms with van der Waals surface area (Å²) in [4.78, 5) is 26.7. The van der Waals surface area contributed by atoms with E-state index in [0.29, 0.717) is 17.9 Å². The van der Waals surface area contributed by atoms with Crippen molar-refractivity contribution in [3.8, 4) is 0 Å². The molecule has 3 N–H and O–H groups in total. The molecule has 1 atom stereocenters. The summed E-state index contributed by atoms with van der Waals surface area (Å²) in [6.45, 7) is 2.46. The van der Waals surface area contributed by atoms with Gasteiger partial charge in [-0.15, -0.1) is 11.8 Å². The van der Waals surface area contributed by atoms with Gasteiger partial charge in [0.25, 0.3) is 0 Å². The second kappa shape index (κ2) is 8.43. The third kappa shape index (κ3) is 4.60. The van der Waals surface area contributed by atoms with E-state index in [2.05, 4.69) is 5.32 Å². The lowest BCUT2D eigenvalue weighted by Gasteiger charge is -2.32. The number of benzene rings is 2. The zero-order chi connectivity index (χ0) is 19.4. The average Bonchev–Trinajstić information content (AvgIpc) is 2.67. The Hall–Kier alpha value is -2.54. The molecule has 1 aliphatic heterocycles. The first-order valence-electron chi connectivity index (χ1n) is 8.81. The van der Waals surface area contributed by atoms with Crippen LogP contribution in [0, 0.1) is 5.82 Å². The van der Waals surface area contributed by atoms with Gasteiger partial charge in [-0.05, 0) is 61.7 Å². The normalized spacial score (nSPS) is 14.4. The van der Waals surface area contributed by atoms with E-state index in [9.17, 15) is 14.0 Å². The number of rotatable bonds is 5. The highest BCUT2D eigenvalue weighted by Gasteiger charge is 2.27. The number of halogens is 1. The number of carbonyl (C=O) groups excluding carboxylic acids is 2. The molecule has 0 fully saturated rings. The predicted molar refractivity (Wildman–Crippen MR) is 108 cm³/mol. The van der Waals surface area contributed by atoms with Gasteiger partial charge in [0.2, 0.25) is 11.8 Å². The smallest absolute Gasteiger partial charge is 0.239 e. The van der Waals surface area contributed by atoms with E-state index in [1.165, 1.54) is 36.0 Å². The Bertz CT molecular complexity index is 842. The summed E-state index contributed by atoms with van der Waals surface area (Å²) < 4.78 is 12.9. The van der Waals surface area contributed by atoms with E-state index in [1.54, 1.807) is 11.8 Å². The maximum Gasteiger partial charge on any atom is 0.239 e. The van der Waals surface area contributed by atoms with Crippen LogP contribution in [-0.2, 0) is 16.0 Å². The fourth-order valence-corrected chi connectivity index (χ4v) is 3.85. The van der Waals surface area contributed by atoms with Gasteiger partial charge < -0.3 is 16.0 Å². The standard InChI is InChI=1S/C20H22FN3O2S/c1-13(27-12-19(25)23-15-9-7-14(21)8-10-15)20(26)24-11-3-4-16-17(22)5-2-6-18(16)24/h2,5-10,13H,3-4,11-12,22H2,1H3,(H,23,25). The van der Waals surface area contributed by atoms with Crippen molar-refractivity contribution >= 4 is 40.6 Å². The number of nitrogen functional groups attached to an aromatic ring is 1. The Kier molecular flexibility index (Phi) is 6.01. The second-order valence-corrected chi connectivity index (χ2v) is 7.78. The molecule has 2 aromatic rings. The summed E-state index contributed by atoms with van der Waals surface area (Å²) in [6, 6.07) is 11.2. The largest absolute Gasteiger partial charge is 0.398 e. The summed E-state index contributed by atoms with van der Waals surface area (Å²) in [5.74, 6) is -0.471. The molecule has 3 rings (SSSR count). The minimum atomic E-state index is -0.364. The Balaban J connectivity index is 1.58. The van der Waals surface area contributed by atoms with Crippen molar-refractivity contribution in [2.24, 2.45) is 0 Å². The highest BCUT2D eigenvalue weighted by atomic mass is 32.2. The van der Waals surface area contributed by atoms with Crippen LogP contribution < -0.4 is 16.0 Å². The van der Waals surface area contributed by atoms with Crippen molar-refractivity contribution in [2.45, 2.75) is 25.0 Å². The van der Waals surface area contributed by atoms with E-state index in [1.807, 2.05) is 18.2 Å². The van der Waals surface area contributed by atoms with Crippen LogP contribution in [0.1, 0.15) is 18.9 Å². The Morgan fingerprint density at radius 1 is 1.26 bits per heavy atom. The van der Waals surface area contributed by atoms with Crippen LogP contribution >= 0.6 is 11.8 Å². The Labute approximate surface area is 162 Å². The molecule has 27 heavy (non-hydrogen) atoms. The van der Waals surface area contributed by atoms with Gasteiger partial charge in [-0.25, -0.2) is 4.39 Å². The van der Waals surface area contributed by atoms with Crippen LogP contribution in [0.3, 0.4) is 0 Å². The molecule has 0 radical (unpaired) electrons. The van der Waals surface area contributed by atoms with Gasteiger partial charge >= 0.3 is 0 Å². The minimum Gasteiger partial charge on any atom is -0.398 e. The van der Waals surface area contributed by atoms with Crippen molar-refractivity contribution in [2.75, 3.05) is 28.2 Å². The van der Waals surface area contributed by atoms with Gasteiger partial charge in [0.1, 0.15) is 5.82 Å². The van der Waals surface area contributed by atoms with E-state index < -0.39 is 0 Å². The lowest BCUT2D eigenvalue weighted by atomic mass is 9.99. The number of carbonyl (C=O) groups is 2. The van der Waals surface area contributed by atoms with Crippen molar-refractivity contribution in [3.05, 3.63) is 53.8 Å². The first kappa shape index (κ1) is 19.2. The highest BCUT2D eigenvalue weighted by Crippen LogP contribution is 2.32. The number of fused-ring (bicyclic) bond motifs is 1. The molecule has 5 nitrogen and oxygen atoms in total. The van der Waals surface area contributed by atoms with Gasteiger partial charge in [-0.1, -0.05) is 6.07 Å². The topological polar surface area (TPSA) is 75.4 Å². The van der Waals surface area contributed by atoms with Gasteiger partial charge in [-0.2, -0.15) is 0 Å². The Morgan fingerprint density at radius 3 is 2.74 bits per heavy atom. The molecule has 1 unspecified atom stereocenters. The fourth-order valence-electron chi connectivity index (χ4n) is 3.10. The summed E-state index contributed by atoms with van der Waals surface area (Å²) in [6.07, 6.45) is 1.74. The molecule has 142 valence electrons. The molecule has 1 aliphatic rings. The molecule has 0 saturated heterocycles. The number of hydrogen-bond donors (Lipinski definition) is 2. The fraction of sp³-hybridized carbons (Fsp3) is 0.300. The van der Waals surface area contributed by atoms with Crippen molar-refractivity contribution in [1.29, 1.82) is 0 Å². The molecule has 0 spiro atoms. The zero-order valence-electron chi connectivity index (χ0n) is 15.1. The monoisotopic (exact) mass is 387 g/mol. The van der Waals surface area contributed by atoms with E-state index in [4.69, 9.17) is 5.73 Å². The summed E-state index contributed by atoms with van der Waals surface area (Å²) >= 11 is 1.28. The molecule has 0 saturated carbocycles. The molecule has 2 aromatic carbocycles. The van der Waals surface area contributed by atoms with Gasteiger partial charge in [0, 0.05) is 23.6 Å². The maximum atomic E-state index is 12.9. The summed E-state index contributed by atoms with van der Waals surface area (Å²) in [5.41, 5.74) is 9.17. The lowest BCUT2D eigenvalue weighted by Crippen LogP contribution is -2.40. The molecule has 7 heteroatoms. The predicted octanol–water partition coefficient (Wildman–Crippen LogP) is 3.45. The van der Waals surface area contributed by atoms with Crippen molar-refractivity contribution in [1.82, 2.24) is 0 Å². The number of nitrogens with one attached hydrogen (secondary N) is 1. The molecule has 1 heterocycles. The molecule has 0 aromatic heterocycles. The molecule has 0 aliphatic carbocycles. The summed E-state index contributed by atoms with van der Waals surface area (Å²) in [7, 11) is 0. The number of amides is 2. The molecular formula is C20H22FN3O2S. The highest BCUT2D eigenvalue weighted by molar-refractivity contribution is 8.01. The number of thioether (sulfide) groups is 1. The third-order valence-electron chi connectivity index (χ3n) is 4.49. The van der Waals surface area contributed by atoms with Crippen molar-refractivity contribution in [3.63, 3.8) is 0 Å². The lowest BCUT2D eigenvalue weighted by molar-refractivity contribution is -0.117. The number of hydrogen-bond acceptors (Lipinski definition) is 4. The van der Waals surface area contributed by atoms with Crippen LogP contribution in [0.15, 0.2) is 42.5 Å². The second-order valence-electron chi connectivity index (χ2n) is 6.45. The molecular weight excluding hydrogens is 365 g/mol. The Morgan fingerprint density at radius 2 is 2.00 bits per heavy atom. The SMILES string of the molecule is CC(SCC(=O)Nc1ccc(F)cc1)C(=O)N1CCCc2c(N)cccc21. The molecule has 2 amide bonds. The first-order chi connectivity index (χ1) is 13.0. The zero-order valence-corrected chi connectivity index (χ0v) is 15.9. The number of nitrogens with two attached hydrogens (primary N) is 1. The first-order valence-corrected chi connectivity index (χ1v) is 9.86. The number of nitrogens with zero attached hydrogens (tertiary/aromatic N) is 1. The number of anilines is 3. The molecule has 0 bridgehead atoms. The van der Waals surface area contributed by atoms with E-state index in [-0.39, 0.29) is 28.6 Å². The van der Waals surface area contributed by atoms with Gasteiger partial charge in [-0.3, -0.25) is 9.59 Å². The van der Waals surface area contributed by atoms with Crippen LogP contribution in [0.25, 0.3) is 0 Å². The average molecular weight is 387 g/mol. The maximum absolute atomic E-state index is 12.9. The van der Waals surface area contributed by atoms with Gasteiger partial charge in [0.15, 0.2) is 0 Å². The van der Waals surface area contributed by atoms with Crippen LogP contribution in [-0.4, -0.2) is 29.4 Å². The van der Waals surface area contributed by atoms with E-state index in [0.717, 1.165) is 24.1 Å².